The summed E-state index contributed by atoms with van der Waals surface area (Å²) in [5.41, 5.74) is 3.10. The van der Waals surface area contributed by atoms with Gasteiger partial charge in [-0.25, -0.2) is 8.51 Å². The normalized spacial score (nSPS) is 19.0. The van der Waals surface area contributed by atoms with Crippen molar-refractivity contribution in [2.24, 2.45) is 0 Å². The summed E-state index contributed by atoms with van der Waals surface area (Å²) >= 11 is 2.03. The number of benzene rings is 3. The van der Waals surface area contributed by atoms with E-state index in [1.165, 1.54) is 29.1 Å². The minimum atomic E-state index is -1.19. The number of phenols is 1. The van der Waals surface area contributed by atoms with Gasteiger partial charge in [0.15, 0.2) is 0 Å². The summed E-state index contributed by atoms with van der Waals surface area (Å²) < 4.78 is 15.0. The van der Waals surface area contributed by atoms with E-state index in [1.54, 1.807) is 17.7 Å². The molecular formula is C29H34N2O2S2. The molecule has 2 aliphatic rings. The van der Waals surface area contributed by atoms with E-state index in [0.717, 1.165) is 31.0 Å². The first kappa shape index (κ1) is 24.6. The second-order valence-electron chi connectivity index (χ2n) is 9.86. The van der Waals surface area contributed by atoms with Crippen LogP contribution in [0.15, 0.2) is 88.7 Å². The molecule has 1 fully saturated rings. The second-order valence-corrected chi connectivity index (χ2v) is 12.5. The molecule has 4 nitrogen and oxygen atoms in total. The van der Waals surface area contributed by atoms with Crippen LogP contribution in [0.3, 0.4) is 0 Å². The Hall–Kier alpha value is -2.12. The van der Waals surface area contributed by atoms with Crippen molar-refractivity contribution in [1.82, 2.24) is 9.21 Å². The summed E-state index contributed by atoms with van der Waals surface area (Å²) in [6.07, 6.45) is 3.44. The molecule has 2 atom stereocenters. The molecule has 0 saturated carbocycles. The minimum absolute atomic E-state index is 0.243. The van der Waals surface area contributed by atoms with Crippen LogP contribution in [-0.2, 0) is 16.4 Å². The highest BCUT2D eigenvalue weighted by molar-refractivity contribution is 7.99. The van der Waals surface area contributed by atoms with Crippen molar-refractivity contribution >= 4 is 22.7 Å². The van der Waals surface area contributed by atoms with Crippen molar-refractivity contribution in [3.8, 4) is 5.75 Å². The third-order valence-electron chi connectivity index (χ3n) is 7.64. The number of hydrogen-bond donors (Lipinski definition) is 1. The van der Waals surface area contributed by atoms with Crippen LogP contribution in [0, 0.1) is 0 Å². The average molecular weight is 507 g/mol. The van der Waals surface area contributed by atoms with Gasteiger partial charge in [-0.1, -0.05) is 48.5 Å². The van der Waals surface area contributed by atoms with Crippen LogP contribution < -0.4 is 0 Å². The first-order valence-electron chi connectivity index (χ1n) is 12.5. The van der Waals surface area contributed by atoms with E-state index in [2.05, 4.69) is 29.2 Å². The van der Waals surface area contributed by atoms with Crippen molar-refractivity contribution in [2.75, 3.05) is 39.0 Å². The summed E-state index contributed by atoms with van der Waals surface area (Å²) in [5.74, 6) is 1.74. The molecule has 1 saturated heterocycles. The SMILES string of the molecule is CN(CC(CCN1CCC2(CC1)CSc1ccccc12)c1ccc(O)cc1)S(=O)c1ccccc1. The molecule has 184 valence electrons. The van der Waals surface area contributed by atoms with Gasteiger partial charge in [-0.3, -0.25) is 0 Å². The number of thioether (sulfide) groups is 1. The highest BCUT2D eigenvalue weighted by Crippen LogP contribution is 2.49. The van der Waals surface area contributed by atoms with Crippen molar-refractivity contribution in [3.05, 3.63) is 90.0 Å². The molecule has 1 spiro atoms. The van der Waals surface area contributed by atoms with Crippen molar-refractivity contribution in [3.63, 3.8) is 0 Å². The lowest BCUT2D eigenvalue weighted by Gasteiger charge is -2.40. The van der Waals surface area contributed by atoms with Gasteiger partial charge in [0.2, 0.25) is 0 Å². The van der Waals surface area contributed by atoms with Crippen LogP contribution in [0.4, 0.5) is 0 Å². The lowest BCUT2D eigenvalue weighted by atomic mass is 9.74. The number of likely N-dealkylation sites (tertiary alicyclic amines) is 1. The van der Waals surface area contributed by atoms with Crippen molar-refractivity contribution in [1.29, 1.82) is 0 Å². The predicted molar refractivity (Wildman–Crippen MR) is 145 cm³/mol. The summed E-state index contributed by atoms with van der Waals surface area (Å²) in [4.78, 5) is 4.91. The molecule has 2 unspecified atom stereocenters. The topological polar surface area (TPSA) is 43.8 Å². The lowest BCUT2D eigenvalue weighted by Crippen LogP contribution is -2.43. The Bertz CT molecular complexity index is 1140. The lowest BCUT2D eigenvalue weighted by molar-refractivity contribution is 0.166. The van der Waals surface area contributed by atoms with E-state index in [-0.39, 0.29) is 11.7 Å². The number of rotatable bonds is 8. The summed E-state index contributed by atoms with van der Waals surface area (Å²) in [6.45, 7) is 3.99. The van der Waals surface area contributed by atoms with E-state index in [9.17, 15) is 9.32 Å². The van der Waals surface area contributed by atoms with Gasteiger partial charge in [-0.05, 0) is 86.3 Å². The second kappa shape index (κ2) is 10.9. The smallest absolute Gasteiger partial charge is 0.127 e. The minimum Gasteiger partial charge on any atom is -0.508 e. The first-order chi connectivity index (χ1) is 17.0. The molecule has 0 bridgehead atoms. The number of phenolic OH excluding ortho intramolecular Hbond substituents is 1. The summed E-state index contributed by atoms with van der Waals surface area (Å²) in [7, 11) is 0.747. The number of fused-ring (bicyclic) bond motifs is 2. The zero-order valence-corrected chi connectivity index (χ0v) is 21.9. The molecule has 2 heterocycles. The molecular weight excluding hydrogens is 472 g/mol. The highest BCUT2D eigenvalue weighted by Gasteiger charge is 2.41. The standard InChI is InChI=1S/C29H34N2O2S2/c1-30(35(33)26-7-3-2-4-8-26)21-24(23-11-13-25(32)14-12-23)15-18-31-19-16-29(17-20-31)22-34-28-10-6-5-9-27(28)29/h2-14,24,32H,15-22H2,1H3. The zero-order valence-electron chi connectivity index (χ0n) is 20.3. The predicted octanol–water partition coefficient (Wildman–Crippen LogP) is 5.66. The van der Waals surface area contributed by atoms with Crippen LogP contribution in [0.2, 0.25) is 0 Å². The average Bonchev–Trinajstić information content (AvgIpc) is 3.26. The Balaban J connectivity index is 1.23. The van der Waals surface area contributed by atoms with E-state index < -0.39 is 11.0 Å². The molecule has 0 aromatic heterocycles. The first-order valence-corrected chi connectivity index (χ1v) is 14.5. The third-order valence-corrected chi connectivity index (χ3v) is 10.4. The van der Waals surface area contributed by atoms with E-state index in [4.69, 9.17) is 0 Å². The largest absolute Gasteiger partial charge is 0.508 e. The number of likely N-dealkylation sites (N-methyl/N-ethyl adjacent to an activating group) is 1. The van der Waals surface area contributed by atoms with Gasteiger partial charge in [-0.2, -0.15) is 0 Å². The Kier molecular flexibility index (Phi) is 7.63. The molecule has 3 aromatic rings. The number of piperidine rings is 1. The Morgan fingerprint density at radius 2 is 1.69 bits per heavy atom. The van der Waals surface area contributed by atoms with Crippen molar-refractivity contribution < 1.29 is 9.32 Å². The molecule has 0 radical (unpaired) electrons. The monoisotopic (exact) mass is 506 g/mol. The van der Waals surface area contributed by atoms with Gasteiger partial charge in [0.1, 0.15) is 16.7 Å². The summed E-state index contributed by atoms with van der Waals surface area (Å²) in [5, 5.41) is 9.79. The van der Waals surface area contributed by atoms with Crippen LogP contribution >= 0.6 is 11.8 Å². The van der Waals surface area contributed by atoms with Crippen LogP contribution in [0.25, 0.3) is 0 Å². The van der Waals surface area contributed by atoms with Gasteiger partial charge in [0, 0.05) is 29.7 Å². The van der Waals surface area contributed by atoms with Gasteiger partial charge in [0.05, 0.1) is 4.90 Å². The maximum absolute atomic E-state index is 13.1. The third kappa shape index (κ3) is 5.51. The van der Waals surface area contributed by atoms with Gasteiger partial charge in [-0.15, -0.1) is 11.8 Å². The van der Waals surface area contributed by atoms with Crippen LogP contribution in [0.1, 0.15) is 36.3 Å². The zero-order chi connectivity index (χ0) is 24.3. The maximum atomic E-state index is 13.1. The Labute approximate surface area is 215 Å². The fraction of sp³-hybridized carbons (Fsp3) is 0.379. The molecule has 35 heavy (non-hydrogen) atoms. The molecule has 1 N–H and O–H groups in total. The van der Waals surface area contributed by atoms with Crippen LogP contribution in [0.5, 0.6) is 5.75 Å². The number of aromatic hydroxyl groups is 1. The molecule has 2 aliphatic heterocycles. The van der Waals surface area contributed by atoms with E-state index in [0.29, 0.717) is 12.0 Å². The van der Waals surface area contributed by atoms with E-state index >= 15 is 0 Å². The maximum Gasteiger partial charge on any atom is 0.127 e. The van der Waals surface area contributed by atoms with Crippen LogP contribution in [-0.4, -0.2) is 57.5 Å². The Morgan fingerprint density at radius 3 is 2.43 bits per heavy atom. The number of nitrogens with zero attached hydrogens (tertiary/aromatic N) is 2. The fourth-order valence-electron chi connectivity index (χ4n) is 5.49. The fourth-order valence-corrected chi connectivity index (χ4v) is 8.04. The molecule has 3 aromatic carbocycles. The molecule has 6 heteroatoms. The number of hydrogen-bond acceptors (Lipinski definition) is 4. The quantitative estimate of drug-likeness (QED) is 0.428. The van der Waals surface area contributed by atoms with Gasteiger partial charge >= 0.3 is 0 Å². The Morgan fingerprint density at radius 1 is 1.00 bits per heavy atom. The molecule has 0 aliphatic carbocycles. The van der Waals surface area contributed by atoms with Crippen molar-refractivity contribution in [2.45, 2.75) is 40.4 Å². The van der Waals surface area contributed by atoms with E-state index in [1.807, 2.05) is 65.6 Å². The molecule has 5 rings (SSSR count). The highest BCUT2D eigenvalue weighted by atomic mass is 32.2. The van der Waals surface area contributed by atoms with Gasteiger partial charge in [0.25, 0.3) is 0 Å². The molecule has 0 amide bonds. The summed E-state index contributed by atoms with van der Waals surface area (Å²) in [6, 6.07) is 26.2. The van der Waals surface area contributed by atoms with Gasteiger partial charge < -0.3 is 10.0 Å².